The number of rotatable bonds is 3. The van der Waals surface area contributed by atoms with E-state index in [0.717, 1.165) is 22.3 Å². The molecule has 0 aliphatic carbocycles. The van der Waals surface area contributed by atoms with Crippen molar-refractivity contribution in [1.82, 2.24) is 20.3 Å². The fraction of sp³-hybridized carbons (Fsp3) is 0.333. The lowest BCUT2D eigenvalue weighted by Crippen LogP contribution is -2.48. The van der Waals surface area contributed by atoms with Gasteiger partial charge in [0.2, 0.25) is 5.88 Å². The largest absolute Gasteiger partial charge is 0.490 e. The van der Waals surface area contributed by atoms with Crippen molar-refractivity contribution in [2.75, 3.05) is 18.1 Å². The molecule has 0 saturated carbocycles. The molecule has 4 heterocycles. The van der Waals surface area contributed by atoms with E-state index in [1.54, 1.807) is 13.0 Å². The molecule has 0 unspecified atom stereocenters. The molecule has 1 N–H and O–H groups in total. The van der Waals surface area contributed by atoms with Crippen molar-refractivity contribution >= 4 is 39.7 Å². The fourth-order valence-electron chi connectivity index (χ4n) is 3.72. The second kappa shape index (κ2) is 7.35. The summed E-state index contributed by atoms with van der Waals surface area (Å²) >= 11 is 7.41. The summed E-state index contributed by atoms with van der Waals surface area (Å²) in [6, 6.07) is 7.12. The van der Waals surface area contributed by atoms with E-state index in [9.17, 15) is 4.79 Å². The number of hydrogen-bond acceptors (Lipinski definition) is 8. The highest BCUT2D eigenvalue weighted by Crippen LogP contribution is 2.42. The van der Waals surface area contributed by atoms with Gasteiger partial charge < -0.3 is 19.7 Å². The summed E-state index contributed by atoms with van der Waals surface area (Å²) in [7, 11) is 0. The number of thiazole rings is 1. The lowest BCUT2D eigenvalue weighted by molar-refractivity contribution is 0.0901. The number of ether oxygens (including phenoxy) is 2. The Balaban J connectivity index is 1.49. The van der Waals surface area contributed by atoms with Gasteiger partial charge in [-0.2, -0.15) is 4.98 Å². The van der Waals surface area contributed by atoms with Crippen molar-refractivity contribution in [2.45, 2.75) is 32.7 Å². The van der Waals surface area contributed by atoms with Crippen molar-refractivity contribution in [2.24, 2.45) is 0 Å². The number of aryl methyl sites for hydroxylation is 1. The van der Waals surface area contributed by atoms with Gasteiger partial charge >= 0.3 is 0 Å². The average Bonchev–Trinajstić information content (AvgIpc) is 3.09. The van der Waals surface area contributed by atoms with Crippen molar-refractivity contribution in [1.29, 1.82) is 0 Å². The molecule has 8 nitrogen and oxygen atoms in total. The Morgan fingerprint density at radius 1 is 1.26 bits per heavy atom. The zero-order valence-corrected chi connectivity index (χ0v) is 18.8. The number of aromatic nitrogens is 3. The summed E-state index contributed by atoms with van der Waals surface area (Å²) in [5.41, 5.74) is 1.35. The van der Waals surface area contributed by atoms with Crippen molar-refractivity contribution in [3.8, 4) is 17.4 Å². The van der Waals surface area contributed by atoms with Gasteiger partial charge in [0, 0.05) is 24.1 Å². The Morgan fingerprint density at radius 2 is 2.10 bits per heavy atom. The first-order valence-electron chi connectivity index (χ1n) is 9.83. The Labute approximate surface area is 188 Å². The summed E-state index contributed by atoms with van der Waals surface area (Å²) < 4.78 is 11.7. The van der Waals surface area contributed by atoms with Gasteiger partial charge in [-0.25, -0.2) is 9.97 Å². The molecule has 31 heavy (non-hydrogen) atoms. The van der Waals surface area contributed by atoms with Crippen LogP contribution in [0.25, 0.3) is 0 Å². The topological polar surface area (TPSA) is 89.5 Å². The summed E-state index contributed by atoms with van der Waals surface area (Å²) in [4.78, 5) is 28.4. The van der Waals surface area contributed by atoms with Crippen molar-refractivity contribution in [3.05, 3.63) is 45.8 Å². The van der Waals surface area contributed by atoms with Crippen molar-refractivity contribution < 1.29 is 14.3 Å². The molecule has 1 aromatic carbocycles. The molecule has 0 saturated heterocycles. The first kappa shape index (κ1) is 20.0. The van der Waals surface area contributed by atoms with E-state index >= 15 is 0 Å². The summed E-state index contributed by atoms with van der Waals surface area (Å²) in [6.07, 6.45) is 0.693. The number of halogens is 1. The Bertz CT molecular complexity index is 1180. The molecule has 5 rings (SSSR count). The van der Waals surface area contributed by atoms with E-state index in [1.807, 2.05) is 32.0 Å². The number of nitrogens with one attached hydrogen (secondary N) is 1. The van der Waals surface area contributed by atoms with E-state index in [1.165, 1.54) is 11.3 Å². The lowest BCUT2D eigenvalue weighted by Gasteiger charge is -2.29. The molecule has 0 spiro atoms. The van der Waals surface area contributed by atoms with Crippen LogP contribution in [0.5, 0.6) is 17.4 Å². The SMILES string of the molecule is Cc1nc(Cl)cc(Oc2ccc3c(c2)N(c2nc4c(s2)C(=O)NC(C)(C)C4)CCO3)n1. The zero-order valence-electron chi connectivity index (χ0n) is 17.2. The molecule has 10 heteroatoms. The fourth-order valence-corrected chi connectivity index (χ4v) is 4.95. The Kier molecular flexibility index (Phi) is 4.75. The molecule has 2 aliphatic rings. The third-order valence-corrected chi connectivity index (χ3v) is 6.30. The van der Waals surface area contributed by atoms with E-state index < -0.39 is 0 Å². The van der Waals surface area contributed by atoms with Gasteiger partial charge in [0.1, 0.15) is 34.0 Å². The molecule has 3 aromatic rings. The second-order valence-corrected chi connectivity index (χ2v) is 9.46. The highest BCUT2D eigenvalue weighted by Gasteiger charge is 2.34. The number of benzene rings is 1. The molecule has 0 radical (unpaired) electrons. The Morgan fingerprint density at radius 3 is 2.90 bits per heavy atom. The monoisotopic (exact) mass is 457 g/mol. The standard InChI is InChI=1S/C21H20ClN5O3S/c1-11-23-16(22)9-17(24-11)30-12-4-5-15-14(8-12)27(6-7-29-15)20-25-13-10-21(2,3)26-19(28)18(13)31-20/h4-5,8-9H,6-7,10H2,1-3H3,(H,26,28). The van der Waals surface area contributed by atoms with Crippen LogP contribution in [0.3, 0.4) is 0 Å². The number of anilines is 2. The molecule has 0 fully saturated rings. The first-order chi connectivity index (χ1) is 14.8. The molecule has 160 valence electrons. The van der Waals surface area contributed by atoms with Gasteiger partial charge in [0.05, 0.1) is 17.9 Å². The van der Waals surface area contributed by atoms with Gasteiger partial charge in [-0.1, -0.05) is 22.9 Å². The predicted molar refractivity (Wildman–Crippen MR) is 118 cm³/mol. The van der Waals surface area contributed by atoms with E-state index in [-0.39, 0.29) is 11.4 Å². The number of amides is 1. The smallest absolute Gasteiger partial charge is 0.263 e. The zero-order chi connectivity index (χ0) is 21.8. The number of carbonyl (C=O) groups is 1. The van der Waals surface area contributed by atoms with Crippen LogP contribution in [-0.2, 0) is 6.42 Å². The minimum absolute atomic E-state index is 0.0726. The molecule has 1 amide bonds. The lowest BCUT2D eigenvalue weighted by atomic mass is 9.94. The van der Waals surface area contributed by atoms with Crippen LogP contribution in [0.1, 0.15) is 35.0 Å². The van der Waals surface area contributed by atoms with E-state index in [0.29, 0.717) is 47.1 Å². The van der Waals surface area contributed by atoms with Gasteiger partial charge in [-0.05, 0) is 32.9 Å². The van der Waals surface area contributed by atoms with Gasteiger partial charge in [0.15, 0.2) is 5.13 Å². The van der Waals surface area contributed by atoms with Crippen LogP contribution >= 0.6 is 22.9 Å². The third-order valence-electron chi connectivity index (χ3n) is 4.98. The average molecular weight is 458 g/mol. The Hall–Kier alpha value is -2.91. The molecule has 0 bridgehead atoms. The first-order valence-corrected chi connectivity index (χ1v) is 11.0. The minimum Gasteiger partial charge on any atom is -0.490 e. The molecule has 2 aliphatic heterocycles. The van der Waals surface area contributed by atoms with E-state index in [4.69, 9.17) is 26.1 Å². The van der Waals surface area contributed by atoms with Gasteiger partial charge in [-0.3, -0.25) is 4.79 Å². The molecular weight excluding hydrogens is 438 g/mol. The van der Waals surface area contributed by atoms with Gasteiger partial charge in [0.25, 0.3) is 5.91 Å². The molecular formula is C21H20ClN5O3S. The number of nitrogens with zero attached hydrogens (tertiary/aromatic N) is 4. The third kappa shape index (κ3) is 3.90. The van der Waals surface area contributed by atoms with Gasteiger partial charge in [-0.15, -0.1) is 0 Å². The quantitative estimate of drug-likeness (QED) is 0.587. The highest BCUT2D eigenvalue weighted by atomic mass is 35.5. The molecule has 0 atom stereocenters. The van der Waals surface area contributed by atoms with Crippen LogP contribution in [0.4, 0.5) is 10.8 Å². The second-order valence-electron chi connectivity index (χ2n) is 8.09. The number of carbonyl (C=O) groups excluding carboxylic acids is 1. The van der Waals surface area contributed by atoms with Crippen LogP contribution in [0, 0.1) is 6.92 Å². The van der Waals surface area contributed by atoms with Crippen molar-refractivity contribution in [3.63, 3.8) is 0 Å². The summed E-state index contributed by atoms with van der Waals surface area (Å²) in [6.45, 7) is 6.90. The molecule has 2 aromatic heterocycles. The predicted octanol–water partition coefficient (Wildman–Crippen LogP) is 4.28. The maximum absolute atomic E-state index is 12.5. The number of hydrogen-bond donors (Lipinski definition) is 1. The van der Waals surface area contributed by atoms with E-state index in [2.05, 4.69) is 20.2 Å². The van der Waals surface area contributed by atoms with Crippen LogP contribution in [0.15, 0.2) is 24.3 Å². The van der Waals surface area contributed by atoms with Crippen LogP contribution in [0.2, 0.25) is 5.15 Å². The number of fused-ring (bicyclic) bond motifs is 2. The highest BCUT2D eigenvalue weighted by molar-refractivity contribution is 7.17. The maximum atomic E-state index is 12.5. The minimum atomic E-state index is -0.309. The summed E-state index contributed by atoms with van der Waals surface area (Å²) in [5, 5.41) is 4.12. The van der Waals surface area contributed by atoms with Crippen LogP contribution in [-0.4, -0.2) is 39.5 Å². The maximum Gasteiger partial charge on any atom is 0.263 e. The van der Waals surface area contributed by atoms with Crippen LogP contribution < -0.4 is 19.7 Å². The summed E-state index contributed by atoms with van der Waals surface area (Å²) in [5.74, 6) is 2.14. The normalized spacial score (nSPS) is 16.8.